The number of aromatic nitrogens is 1. The number of aliphatic hydroxyl groups is 1. The quantitative estimate of drug-likeness (QED) is 0.414. The van der Waals surface area contributed by atoms with Crippen molar-refractivity contribution in [3.63, 3.8) is 0 Å². The van der Waals surface area contributed by atoms with E-state index in [1.54, 1.807) is 12.1 Å². The molecule has 0 amide bonds. The predicted octanol–water partition coefficient (Wildman–Crippen LogP) is 3.86. The first-order valence-corrected chi connectivity index (χ1v) is 13.8. The van der Waals surface area contributed by atoms with E-state index in [1.165, 1.54) is 12.1 Å². The molecule has 1 saturated carbocycles. The Labute approximate surface area is 218 Å². The molecule has 2 aliphatic rings. The summed E-state index contributed by atoms with van der Waals surface area (Å²) in [6.45, 7) is 3.60. The third-order valence-corrected chi connectivity index (χ3v) is 8.63. The fraction of sp³-hybridized carbons (Fsp3) is 0.357. The van der Waals surface area contributed by atoms with Gasteiger partial charge in [0.1, 0.15) is 5.78 Å². The summed E-state index contributed by atoms with van der Waals surface area (Å²) in [7, 11) is -3.77. The van der Waals surface area contributed by atoms with E-state index in [2.05, 4.69) is 9.71 Å². The van der Waals surface area contributed by atoms with Crippen LogP contribution < -0.4 is 14.2 Å². The number of ketones is 1. The lowest BCUT2D eigenvalue weighted by atomic mass is 9.88. The van der Waals surface area contributed by atoms with Gasteiger partial charge < -0.3 is 14.6 Å². The lowest BCUT2D eigenvalue weighted by Crippen LogP contribution is -2.41. The number of pyridine rings is 1. The lowest BCUT2D eigenvalue weighted by Gasteiger charge is -2.19. The van der Waals surface area contributed by atoms with Crippen molar-refractivity contribution in [3.8, 4) is 22.8 Å². The SMILES string of the molecule is CC(C)[C@@H](CO)NS(=O)(=O)c1ccc(-c2cccc(CC(=O)C3(c4ccc5c(c4)OCO5)CC3)n2)cc1.[HH]. The second-order valence-corrected chi connectivity index (χ2v) is 11.7. The molecule has 1 aromatic heterocycles. The number of nitrogens with zero attached hydrogens (tertiary/aromatic N) is 1. The summed E-state index contributed by atoms with van der Waals surface area (Å²) in [4.78, 5) is 18.2. The minimum Gasteiger partial charge on any atom is -0.454 e. The monoisotopic (exact) mass is 524 g/mol. The molecular formula is C28H32N2O6S. The maximum atomic E-state index is 13.4. The van der Waals surface area contributed by atoms with E-state index in [4.69, 9.17) is 9.47 Å². The van der Waals surface area contributed by atoms with Crippen LogP contribution in [0.2, 0.25) is 0 Å². The topological polar surface area (TPSA) is 115 Å². The number of ether oxygens (including phenoxy) is 2. The number of rotatable bonds is 10. The van der Waals surface area contributed by atoms with Crippen molar-refractivity contribution < 1.29 is 29.2 Å². The normalized spacial score (nSPS) is 16.5. The van der Waals surface area contributed by atoms with Gasteiger partial charge in [0.2, 0.25) is 16.8 Å². The average Bonchev–Trinajstić information content (AvgIpc) is 3.58. The van der Waals surface area contributed by atoms with E-state index in [-0.39, 0.29) is 37.8 Å². The van der Waals surface area contributed by atoms with Crippen molar-refractivity contribution in [1.29, 1.82) is 0 Å². The molecule has 37 heavy (non-hydrogen) atoms. The van der Waals surface area contributed by atoms with Crippen LogP contribution in [-0.2, 0) is 26.7 Å². The van der Waals surface area contributed by atoms with Gasteiger partial charge in [0.15, 0.2) is 11.5 Å². The highest BCUT2D eigenvalue weighted by atomic mass is 32.2. The van der Waals surface area contributed by atoms with Crippen LogP contribution in [0.4, 0.5) is 0 Å². The Morgan fingerprint density at radius 2 is 1.81 bits per heavy atom. The Hall–Kier alpha value is -3.27. The van der Waals surface area contributed by atoms with E-state index < -0.39 is 21.5 Å². The third kappa shape index (κ3) is 5.12. The molecule has 2 aromatic carbocycles. The maximum absolute atomic E-state index is 13.4. The van der Waals surface area contributed by atoms with Crippen molar-refractivity contribution in [3.05, 3.63) is 71.9 Å². The summed E-state index contributed by atoms with van der Waals surface area (Å²) in [5.74, 6) is 1.44. The molecule has 5 rings (SSSR count). The molecule has 1 aliphatic heterocycles. The van der Waals surface area contributed by atoms with Gasteiger partial charge in [-0.05, 0) is 60.7 Å². The molecule has 2 heterocycles. The number of fused-ring (bicyclic) bond motifs is 1. The predicted molar refractivity (Wildman–Crippen MR) is 140 cm³/mol. The summed E-state index contributed by atoms with van der Waals surface area (Å²) >= 11 is 0. The zero-order valence-electron chi connectivity index (χ0n) is 20.8. The van der Waals surface area contributed by atoms with Gasteiger partial charge in [-0.15, -0.1) is 0 Å². The van der Waals surface area contributed by atoms with Gasteiger partial charge in [0.05, 0.1) is 22.6 Å². The molecule has 0 saturated heterocycles. The Bertz CT molecular complexity index is 1420. The molecule has 0 spiro atoms. The van der Waals surface area contributed by atoms with Crippen molar-refractivity contribution in [2.75, 3.05) is 13.4 Å². The van der Waals surface area contributed by atoms with Crippen molar-refractivity contribution in [1.82, 2.24) is 9.71 Å². The maximum Gasteiger partial charge on any atom is 0.240 e. The van der Waals surface area contributed by atoms with Crippen LogP contribution >= 0.6 is 0 Å². The zero-order valence-corrected chi connectivity index (χ0v) is 21.6. The van der Waals surface area contributed by atoms with Gasteiger partial charge in [-0.2, -0.15) is 0 Å². The molecule has 0 bridgehead atoms. The zero-order chi connectivity index (χ0) is 26.2. The summed E-state index contributed by atoms with van der Waals surface area (Å²) in [6.07, 6.45) is 1.79. The molecule has 1 aliphatic carbocycles. The van der Waals surface area contributed by atoms with Crippen molar-refractivity contribution in [2.24, 2.45) is 5.92 Å². The fourth-order valence-corrected chi connectivity index (χ4v) is 5.95. The minimum absolute atomic E-state index is 0. The van der Waals surface area contributed by atoms with Crippen LogP contribution in [0.5, 0.6) is 11.5 Å². The smallest absolute Gasteiger partial charge is 0.240 e. The van der Waals surface area contributed by atoms with Crippen molar-refractivity contribution >= 4 is 15.8 Å². The first-order chi connectivity index (χ1) is 17.7. The average molecular weight is 525 g/mol. The Balaban J connectivity index is 0.00000336. The summed E-state index contributed by atoms with van der Waals surface area (Å²) in [5, 5.41) is 9.47. The number of nitrogens with one attached hydrogen (secondary N) is 1. The second kappa shape index (κ2) is 9.89. The highest BCUT2D eigenvalue weighted by Gasteiger charge is 2.51. The van der Waals surface area contributed by atoms with E-state index in [1.807, 2.05) is 50.2 Å². The van der Waals surface area contributed by atoms with Gasteiger partial charge in [-0.1, -0.05) is 38.1 Å². The molecular weight excluding hydrogens is 492 g/mol. The number of hydrogen-bond acceptors (Lipinski definition) is 7. The molecule has 9 heteroatoms. The number of carbonyl (C=O) groups is 1. The first kappa shape index (κ1) is 25.4. The van der Waals surface area contributed by atoms with E-state index >= 15 is 0 Å². The molecule has 1 fully saturated rings. The van der Waals surface area contributed by atoms with E-state index in [0.29, 0.717) is 22.9 Å². The van der Waals surface area contributed by atoms with Gasteiger partial charge >= 0.3 is 0 Å². The largest absolute Gasteiger partial charge is 0.454 e. The standard InChI is InChI=1S/C28H30N2O6S.H2/c1-18(2)24(16-31)30-37(33,34)22-9-6-19(7-10-22)23-5-3-4-21(29-23)15-27(32)28(12-13-28)20-8-11-25-26(14-20)36-17-35-25;/h3-11,14,18,24,30-31H,12-13,15-17H2,1-2H3;1H/t24-;/m1./s1. The van der Waals surface area contributed by atoms with Crippen LogP contribution in [0.1, 0.15) is 39.4 Å². The van der Waals surface area contributed by atoms with Gasteiger partial charge in [0.25, 0.3) is 0 Å². The van der Waals surface area contributed by atoms with Crippen LogP contribution in [0.3, 0.4) is 0 Å². The second-order valence-electron chi connectivity index (χ2n) is 9.94. The van der Waals surface area contributed by atoms with Gasteiger partial charge in [0, 0.05) is 25.1 Å². The Kier molecular flexibility index (Phi) is 6.78. The first-order valence-electron chi connectivity index (χ1n) is 12.3. The van der Waals surface area contributed by atoms with Crippen LogP contribution in [0, 0.1) is 5.92 Å². The highest BCUT2D eigenvalue weighted by molar-refractivity contribution is 7.89. The molecule has 0 unspecified atom stereocenters. The molecule has 1 atom stereocenters. The van der Waals surface area contributed by atoms with Crippen molar-refractivity contribution in [2.45, 2.75) is 49.5 Å². The van der Waals surface area contributed by atoms with E-state index in [9.17, 15) is 18.3 Å². The van der Waals surface area contributed by atoms with Gasteiger partial charge in [-0.3, -0.25) is 9.78 Å². The Morgan fingerprint density at radius 1 is 1.08 bits per heavy atom. The third-order valence-electron chi connectivity index (χ3n) is 7.13. The molecule has 2 N–H and O–H groups in total. The molecule has 8 nitrogen and oxygen atoms in total. The molecule has 0 radical (unpaired) electrons. The number of benzene rings is 2. The van der Waals surface area contributed by atoms with Gasteiger partial charge in [-0.25, -0.2) is 13.1 Å². The summed E-state index contributed by atoms with van der Waals surface area (Å²) < 4.78 is 38.9. The summed E-state index contributed by atoms with van der Waals surface area (Å²) in [5.41, 5.74) is 2.50. The minimum atomic E-state index is -3.77. The lowest BCUT2D eigenvalue weighted by molar-refractivity contribution is -0.120. The number of Topliss-reactive ketones (excluding diaryl/α,β-unsaturated/α-hetero) is 1. The molecule has 196 valence electrons. The number of sulfonamides is 1. The highest BCUT2D eigenvalue weighted by Crippen LogP contribution is 2.51. The fourth-order valence-electron chi connectivity index (χ4n) is 4.58. The number of aliphatic hydroxyl groups excluding tert-OH is 1. The van der Waals surface area contributed by atoms with Crippen LogP contribution in [0.25, 0.3) is 11.3 Å². The van der Waals surface area contributed by atoms with Crippen LogP contribution in [-0.4, -0.2) is 43.7 Å². The van der Waals surface area contributed by atoms with Crippen LogP contribution in [0.15, 0.2) is 65.6 Å². The Morgan fingerprint density at radius 3 is 2.49 bits per heavy atom. The number of hydrogen-bond donors (Lipinski definition) is 2. The number of carbonyl (C=O) groups excluding carboxylic acids is 1. The van der Waals surface area contributed by atoms with E-state index in [0.717, 1.165) is 24.0 Å². The summed E-state index contributed by atoms with van der Waals surface area (Å²) in [6, 6.07) is 17.1. The molecule has 3 aromatic rings.